The van der Waals surface area contributed by atoms with Crippen LogP contribution in [0.2, 0.25) is 0 Å². The molecule has 0 fully saturated rings. The predicted molar refractivity (Wildman–Crippen MR) is 96.9 cm³/mol. The molecule has 0 saturated heterocycles. The van der Waals surface area contributed by atoms with Crippen molar-refractivity contribution < 1.29 is 4.79 Å². The molecule has 1 aliphatic rings. The first-order valence-corrected chi connectivity index (χ1v) is 8.44. The van der Waals surface area contributed by atoms with Gasteiger partial charge in [0, 0.05) is 24.2 Å². The highest BCUT2D eigenvalue weighted by atomic mass is 35.5. The molecule has 1 aromatic heterocycles. The summed E-state index contributed by atoms with van der Waals surface area (Å²) in [5.74, 6) is 0.427. The highest BCUT2D eigenvalue weighted by Gasteiger charge is 2.18. The monoisotopic (exact) mass is 352 g/mol. The second-order valence-electron chi connectivity index (χ2n) is 5.92. The molecule has 7 heteroatoms. The number of fused-ring (bicyclic) bond motifs is 1. The summed E-state index contributed by atoms with van der Waals surface area (Å²) in [6.45, 7) is 5.25. The van der Waals surface area contributed by atoms with Gasteiger partial charge >= 0.3 is 0 Å². The van der Waals surface area contributed by atoms with E-state index in [-0.39, 0.29) is 18.3 Å². The van der Waals surface area contributed by atoms with Crippen molar-refractivity contribution in [3.05, 3.63) is 34.3 Å². The number of carbonyl (C=O) groups excluding carboxylic acids is 1. The molecule has 0 bridgehead atoms. The molecule has 0 saturated carbocycles. The maximum atomic E-state index is 12.5. The Balaban J connectivity index is 0.00000192. The van der Waals surface area contributed by atoms with Gasteiger partial charge in [0.05, 0.1) is 0 Å². The number of carbonyl (C=O) groups is 1. The van der Waals surface area contributed by atoms with Crippen molar-refractivity contribution in [3.8, 4) is 0 Å². The van der Waals surface area contributed by atoms with E-state index in [1.165, 1.54) is 11.3 Å². The van der Waals surface area contributed by atoms with Gasteiger partial charge in [0.2, 0.25) is 5.13 Å². The average Bonchev–Trinajstić information content (AvgIpc) is 2.92. The van der Waals surface area contributed by atoms with E-state index in [4.69, 9.17) is 0 Å². The Labute approximate surface area is 146 Å². The third kappa shape index (κ3) is 4.20. The van der Waals surface area contributed by atoms with E-state index in [9.17, 15) is 4.79 Å². The fourth-order valence-corrected chi connectivity index (χ4v) is 3.57. The minimum absolute atomic E-state index is 0. The summed E-state index contributed by atoms with van der Waals surface area (Å²) in [6, 6.07) is 5.81. The lowest BCUT2D eigenvalue weighted by molar-refractivity contribution is 0.102. The van der Waals surface area contributed by atoms with E-state index in [1.54, 1.807) is 0 Å². The Morgan fingerprint density at radius 2 is 2.22 bits per heavy atom. The number of halogens is 1. The predicted octanol–water partition coefficient (Wildman–Crippen LogP) is 3.77. The van der Waals surface area contributed by atoms with Crippen LogP contribution in [0.1, 0.15) is 41.2 Å². The number of hydrogen-bond donors (Lipinski definition) is 2. The molecule has 0 spiro atoms. The summed E-state index contributed by atoms with van der Waals surface area (Å²) in [5, 5.41) is 16.0. The lowest BCUT2D eigenvalue weighted by Gasteiger charge is -2.20. The lowest BCUT2D eigenvalue weighted by atomic mass is 9.97. The first-order chi connectivity index (χ1) is 10.6. The van der Waals surface area contributed by atoms with Gasteiger partial charge in [-0.25, -0.2) is 0 Å². The normalized spacial score (nSPS) is 13.0. The fraction of sp³-hybridized carbons (Fsp3) is 0.438. The summed E-state index contributed by atoms with van der Waals surface area (Å²) in [6.07, 6.45) is 2.87. The molecule has 2 aromatic rings. The molecule has 2 N–H and O–H groups in total. The molecule has 1 aromatic carbocycles. The molecule has 0 radical (unpaired) electrons. The van der Waals surface area contributed by atoms with Gasteiger partial charge in [0.15, 0.2) is 0 Å². The van der Waals surface area contributed by atoms with E-state index in [2.05, 4.69) is 34.7 Å². The highest BCUT2D eigenvalue weighted by molar-refractivity contribution is 7.15. The van der Waals surface area contributed by atoms with Crippen LogP contribution in [-0.4, -0.2) is 22.6 Å². The summed E-state index contributed by atoms with van der Waals surface area (Å²) in [5.41, 5.74) is 2.89. The molecule has 1 amide bonds. The maximum Gasteiger partial charge on any atom is 0.257 e. The number of rotatable bonds is 4. The van der Waals surface area contributed by atoms with Crippen LogP contribution in [0.15, 0.2) is 18.2 Å². The molecule has 0 unspecified atom stereocenters. The number of amides is 1. The molecule has 2 heterocycles. The molecule has 124 valence electrons. The zero-order chi connectivity index (χ0) is 15.5. The molecular formula is C16H21ClN4OS. The number of hydrogen-bond acceptors (Lipinski definition) is 5. The van der Waals surface area contributed by atoms with Crippen molar-refractivity contribution in [2.45, 2.75) is 33.1 Å². The quantitative estimate of drug-likeness (QED) is 0.879. The van der Waals surface area contributed by atoms with Gasteiger partial charge in [-0.05, 0) is 36.5 Å². The minimum Gasteiger partial charge on any atom is -0.385 e. The number of benzene rings is 1. The van der Waals surface area contributed by atoms with Gasteiger partial charge in [-0.2, -0.15) is 0 Å². The van der Waals surface area contributed by atoms with E-state index < -0.39 is 0 Å². The minimum atomic E-state index is -0.104. The topological polar surface area (TPSA) is 66.9 Å². The van der Waals surface area contributed by atoms with Crippen molar-refractivity contribution in [2.75, 3.05) is 17.2 Å². The Hall–Kier alpha value is -1.66. The van der Waals surface area contributed by atoms with E-state index >= 15 is 0 Å². The van der Waals surface area contributed by atoms with E-state index in [0.717, 1.165) is 47.6 Å². The lowest BCUT2D eigenvalue weighted by Crippen LogP contribution is -2.19. The summed E-state index contributed by atoms with van der Waals surface area (Å²) < 4.78 is 0. The van der Waals surface area contributed by atoms with Gasteiger partial charge in [-0.1, -0.05) is 31.3 Å². The average molecular weight is 353 g/mol. The van der Waals surface area contributed by atoms with Crippen molar-refractivity contribution in [2.24, 2.45) is 5.92 Å². The standard InChI is InChI=1S/C16H20N4OS.ClH/c1-10(2)9-14-19-20-16(22-14)18-15(21)12-5-3-7-13-11(12)6-4-8-17-13;/h3,5,7,10,17H,4,6,8-9H2,1-2H3,(H,18,20,21);1H. The molecule has 3 rings (SSSR count). The van der Waals surface area contributed by atoms with Crippen LogP contribution in [0.25, 0.3) is 0 Å². The molecule has 0 atom stereocenters. The molecule has 5 nitrogen and oxygen atoms in total. The van der Waals surface area contributed by atoms with Gasteiger partial charge in [0.1, 0.15) is 5.01 Å². The SMILES string of the molecule is CC(C)Cc1nnc(NC(=O)c2cccc3c2CCCN3)s1.Cl. The van der Waals surface area contributed by atoms with Gasteiger partial charge in [-0.3, -0.25) is 10.1 Å². The van der Waals surface area contributed by atoms with Crippen LogP contribution >= 0.6 is 23.7 Å². The van der Waals surface area contributed by atoms with E-state index in [0.29, 0.717) is 11.0 Å². The van der Waals surface area contributed by atoms with Crippen LogP contribution in [0.5, 0.6) is 0 Å². The van der Waals surface area contributed by atoms with Gasteiger partial charge in [0.25, 0.3) is 5.91 Å². The second kappa shape index (κ2) is 7.75. The van der Waals surface area contributed by atoms with Crippen molar-refractivity contribution >= 4 is 40.5 Å². The third-order valence-electron chi connectivity index (χ3n) is 3.61. The largest absolute Gasteiger partial charge is 0.385 e. The summed E-state index contributed by atoms with van der Waals surface area (Å²) >= 11 is 1.45. The van der Waals surface area contributed by atoms with Crippen LogP contribution in [0, 0.1) is 5.92 Å². The molecule has 1 aliphatic heterocycles. The number of anilines is 2. The van der Waals surface area contributed by atoms with Crippen LogP contribution in [-0.2, 0) is 12.8 Å². The number of nitrogens with one attached hydrogen (secondary N) is 2. The fourth-order valence-electron chi connectivity index (χ4n) is 2.62. The Morgan fingerprint density at radius 1 is 1.39 bits per heavy atom. The highest BCUT2D eigenvalue weighted by Crippen LogP contribution is 2.26. The second-order valence-corrected chi connectivity index (χ2v) is 6.98. The van der Waals surface area contributed by atoms with Crippen LogP contribution in [0.3, 0.4) is 0 Å². The van der Waals surface area contributed by atoms with Crippen LogP contribution in [0.4, 0.5) is 10.8 Å². The zero-order valence-corrected chi connectivity index (χ0v) is 14.9. The Bertz CT molecular complexity index is 686. The van der Waals surface area contributed by atoms with Crippen molar-refractivity contribution in [3.63, 3.8) is 0 Å². The number of aromatic nitrogens is 2. The third-order valence-corrected chi connectivity index (χ3v) is 4.47. The van der Waals surface area contributed by atoms with Crippen molar-refractivity contribution in [1.29, 1.82) is 0 Å². The Morgan fingerprint density at radius 3 is 3.00 bits per heavy atom. The molecule has 0 aliphatic carbocycles. The smallest absolute Gasteiger partial charge is 0.257 e. The first-order valence-electron chi connectivity index (χ1n) is 7.63. The van der Waals surface area contributed by atoms with E-state index in [1.807, 2.05) is 18.2 Å². The first kappa shape index (κ1) is 17.7. The zero-order valence-electron chi connectivity index (χ0n) is 13.3. The maximum absolute atomic E-state index is 12.5. The Kier molecular flexibility index (Phi) is 5.96. The van der Waals surface area contributed by atoms with Gasteiger partial charge in [-0.15, -0.1) is 22.6 Å². The van der Waals surface area contributed by atoms with Crippen LogP contribution < -0.4 is 10.6 Å². The summed E-state index contributed by atoms with van der Waals surface area (Å²) in [7, 11) is 0. The number of nitrogens with zero attached hydrogens (tertiary/aromatic N) is 2. The molecule has 23 heavy (non-hydrogen) atoms. The van der Waals surface area contributed by atoms with Gasteiger partial charge < -0.3 is 5.32 Å². The molecular weight excluding hydrogens is 332 g/mol. The van der Waals surface area contributed by atoms with Crippen molar-refractivity contribution in [1.82, 2.24) is 10.2 Å². The summed E-state index contributed by atoms with van der Waals surface area (Å²) in [4.78, 5) is 12.5.